The van der Waals surface area contributed by atoms with E-state index >= 15 is 0 Å². The molecule has 0 amide bonds. The summed E-state index contributed by atoms with van der Waals surface area (Å²) in [4.78, 5) is 12.9. The van der Waals surface area contributed by atoms with E-state index in [0.717, 1.165) is 57.3 Å². The Hall–Kier alpha value is -3.38. The highest BCUT2D eigenvalue weighted by Gasteiger charge is 2.35. The molecule has 1 aliphatic heterocycles. The van der Waals surface area contributed by atoms with Crippen LogP contribution in [0, 0.1) is 13.8 Å². The Morgan fingerprint density at radius 3 is 2.62 bits per heavy atom. The summed E-state index contributed by atoms with van der Waals surface area (Å²) in [5, 5.41) is 18.9. The summed E-state index contributed by atoms with van der Waals surface area (Å²) in [5.41, 5.74) is 7.44. The van der Waals surface area contributed by atoms with Gasteiger partial charge in [0, 0.05) is 38.5 Å². The van der Waals surface area contributed by atoms with E-state index in [0.29, 0.717) is 18.1 Å². The number of rotatable bonds is 11. The van der Waals surface area contributed by atoms with Crippen LogP contribution in [0.25, 0.3) is 11.0 Å². The summed E-state index contributed by atoms with van der Waals surface area (Å²) in [6, 6.07) is 14.6. The van der Waals surface area contributed by atoms with Crippen molar-refractivity contribution < 1.29 is 23.1 Å². The minimum Gasteiger partial charge on any atom is -0.508 e. The zero-order chi connectivity index (χ0) is 31.6. The molecule has 1 aromatic heterocycles. The molecule has 1 N–H and O–H groups in total. The van der Waals surface area contributed by atoms with Crippen molar-refractivity contribution in [3.05, 3.63) is 81.9 Å². The molecule has 242 valence electrons. The van der Waals surface area contributed by atoms with E-state index in [1.165, 1.54) is 21.7 Å². The zero-order valence-electron chi connectivity index (χ0n) is 25.9. The number of esters is 1. The van der Waals surface area contributed by atoms with E-state index in [1.807, 2.05) is 48.9 Å². The molecule has 0 radical (unpaired) electrons. The molecule has 1 atom stereocenters. The second-order valence-corrected chi connectivity index (χ2v) is 13.5. The van der Waals surface area contributed by atoms with Crippen LogP contribution >= 0.6 is 24.0 Å². The van der Waals surface area contributed by atoms with Crippen LogP contribution in [0.5, 0.6) is 5.75 Å². The van der Waals surface area contributed by atoms with Crippen molar-refractivity contribution in [2.75, 3.05) is 23.8 Å². The smallest absolute Gasteiger partial charge is 0.306 e. The van der Waals surface area contributed by atoms with Gasteiger partial charge in [0.05, 0.1) is 24.2 Å². The number of ether oxygens (including phenoxy) is 1. The molecule has 1 aliphatic rings. The van der Waals surface area contributed by atoms with Gasteiger partial charge in [0.25, 0.3) is 0 Å². The topological polar surface area (TPSA) is 118 Å². The number of carbonyl (C=O) groups is 1. The molecule has 4 aromatic rings. The number of nitrogens with zero attached hydrogens (tertiary/aromatic N) is 5. The van der Waals surface area contributed by atoms with Crippen molar-refractivity contribution >= 4 is 56.9 Å². The highest BCUT2D eigenvalue weighted by atomic mass is 35.5. The van der Waals surface area contributed by atoms with Crippen molar-refractivity contribution in [2.45, 2.75) is 65.6 Å². The summed E-state index contributed by atoms with van der Waals surface area (Å²) in [7, 11) is -2.29. The number of fused-ring (bicyclic) bond motifs is 2. The molecular weight excluding hydrogens is 637 g/mol. The fourth-order valence-electron chi connectivity index (χ4n) is 5.86. The SMILES string of the molecule is CCOC(=O)CC(c1ccc(C)c(CN2Cc3cc(O)ccc3N(C)S2(=O)=O)c1)c1ccc2c(nnn2CCCCCl)c1C.Cl. The van der Waals surface area contributed by atoms with Crippen molar-refractivity contribution in [1.29, 1.82) is 0 Å². The van der Waals surface area contributed by atoms with Gasteiger partial charge >= 0.3 is 16.2 Å². The second kappa shape index (κ2) is 14.4. The lowest BCUT2D eigenvalue weighted by atomic mass is 9.84. The van der Waals surface area contributed by atoms with E-state index in [4.69, 9.17) is 16.3 Å². The van der Waals surface area contributed by atoms with E-state index < -0.39 is 10.2 Å². The Morgan fingerprint density at radius 1 is 1.11 bits per heavy atom. The highest BCUT2D eigenvalue weighted by molar-refractivity contribution is 7.90. The molecule has 45 heavy (non-hydrogen) atoms. The second-order valence-electron chi connectivity index (χ2n) is 11.2. The number of phenolic OH excluding ortho intramolecular Hbond substituents is 1. The first-order valence-electron chi connectivity index (χ1n) is 14.7. The number of aromatic hydroxyl groups is 1. The Balaban J connectivity index is 0.00000461. The number of alkyl halides is 1. The van der Waals surface area contributed by atoms with E-state index in [1.54, 1.807) is 19.1 Å². The fourth-order valence-corrected chi connectivity index (χ4v) is 7.42. The van der Waals surface area contributed by atoms with Crippen LogP contribution in [-0.4, -0.2) is 58.3 Å². The van der Waals surface area contributed by atoms with E-state index in [9.17, 15) is 18.3 Å². The normalized spacial score (nSPS) is 15.0. The lowest BCUT2D eigenvalue weighted by Crippen LogP contribution is -2.45. The molecule has 13 heteroatoms. The van der Waals surface area contributed by atoms with Crippen molar-refractivity contribution in [3.8, 4) is 5.75 Å². The number of hydrogen-bond acceptors (Lipinski definition) is 7. The highest BCUT2D eigenvalue weighted by Crippen LogP contribution is 2.37. The molecule has 0 spiro atoms. The minimum atomic E-state index is -3.81. The molecule has 1 unspecified atom stereocenters. The lowest BCUT2D eigenvalue weighted by molar-refractivity contribution is -0.143. The predicted molar refractivity (Wildman–Crippen MR) is 178 cm³/mol. The van der Waals surface area contributed by atoms with Crippen molar-refractivity contribution in [3.63, 3.8) is 0 Å². The number of hydrogen-bond donors (Lipinski definition) is 1. The van der Waals surface area contributed by atoms with Crippen LogP contribution in [0.2, 0.25) is 0 Å². The van der Waals surface area contributed by atoms with Gasteiger partial charge in [0.1, 0.15) is 11.3 Å². The molecule has 2 heterocycles. The average Bonchev–Trinajstić information content (AvgIpc) is 3.40. The maximum absolute atomic E-state index is 13.5. The number of benzene rings is 3. The molecule has 0 saturated heterocycles. The fraction of sp³-hybridized carbons (Fsp3) is 0.406. The third-order valence-corrected chi connectivity index (χ3v) is 10.4. The van der Waals surface area contributed by atoms with E-state index in [2.05, 4.69) is 10.3 Å². The summed E-state index contributed by atoms with van der Waals surface area (Å²) >= 11 is 5.86. The quantitative estimate of drug-likeness (QED) is 0.118. The first kappa shape index (κ1) is 34.5. The molecular formula is C32H39Cl2N5O5S. The zero-order valence-corrected chi connectivity index (χ0v) is 28.3. The van der Waals surface area contributed by atoms with Gasteiger partial charge < -0.3 is 9.84 Å². The van der Waals surface area contributed by atoms with Crippen LogP contribution < -0.4 is 4.31 Å². The minimum absolute atomic E-state index is 0. The first-order chi connectivity index (χ1) is 21.0. The average molecular weight is 677 g/mol. The van der Waals surface area contributed by atoms with Gasteiger partial charge in [-0.2, -0.15) is 12.7 Å². The number of unbranched alkanes of at least 4 members (excludes halogenated alkanes) is 1. The van der Waals surface area contributed by atoms with Crippen LogP contribution in [0.15, 0.2) is 48.5 Å². The molecule has 0 saturated carbocycles. The lowest BCUT2D eigenvalue weighted by Gasteiger charge is -2.35. The number of anilines is 1. The first-order valence-corrected chi connectivity index (χ1v) is 16.7. The third-order valence-electron chi connectivity index (χ3n) is 8.33. The summed E-state index contributed by atoms with van der Waals surface area (Å²) in [5.74, 6) is 0.0123. The summed E-state index contributed by atoms with van der Waals surface area (Å²) in [6.45, 7) is 6.96. The van der Waals surface area contributed by atoms with E-state index in [-0.39, 0.29) is 56.2 Å². The van der Waals surface area contributed by atoms with Crippen molar-refractivity contribution in [2.24, 2.45) is 0 Å². The molecule has 5 rings (SSSR count). The Morgan fingerprint density at radius 2 is 1.89 bits per heavy atom. The summed E-state index contributed by atoms with van der Waals surface area (Å²) < 4.78 is 36.9. The Labute approximate surface area is 275 Å². The van der Waals surface area contributed by atoms with Gasteiger partial charge in [-0.25, -0.2) is 4.68 Å². The van der Waals surface area contributed by atoms with Gasteiger partial charge in [-0.1, -0.05) is 29.5 Å². The number of phenols is 1. The van der Waals surface area contributed by atoms with Crippen molar-refractivity contribution in [1.82, 2.24) is 19.3 Å². The number of aryl methyl sites for hydroxylation is 3. The Kier molecular flexibility index (Phi) is 11.0. The van der Waals surface area contributed by atoms with Gasteiger partial charge in [-0.05, 0) is 91.3 Å². The number of carbonyl (C=O) groups excluding carboxylic acids is 1. The number of halogens is 2. The van der Waals surface area contributed by atoms with Crippen LogP contribution in [0.1, 0.15) is 65.5 Å². The largest absolute Gasteiger partial charge is 0.508 e. The van der Waals surface area contributed by atoms with Crippen LogP contribution in [0.4, 0.5) is 5.69 Å². The van der Waals surface area contributed by atoms with Gasteiger partial charge in [0.15, 0.2) is 0 Å². The monoisotopic (exact) mass is 675 g/mol. The maximum Gasteiger partial charge on any atom is 0.306 e. The summed E-state index contributed by atoms with van der Waals surface area (Å²) in [6.07, 6.45) is 1.90. The standard InChI is InChI=1S/C32H38ClN5O5S.ClH/c1-5-43-31(40)18-28(27-11-13-30-32(22(27)3)34-35-38(30)15-7-6-14-33)23-9-8-21(2)24(16-23)19-37-20-25-17-26(39)10-12-29(25)36(4)44(37,41)42;/h8-13,16-17,28,39H,5-7,14-15,18-20H2,1-4H3;1H. The predicted octanol–water partition coefficient (Wildman–Crippen LogP) is 5.98. The molecule has 0 aliphatic carbocycles. The third kappa shape index (κ3) is 7.06. The maximum atomic E-state index is 13.5. The molecule has 3 aromatic carbocycles. The Bertz CT molecular complexity index is 1800. The molecule has 10 nitrogen and oxygen atoms in total. The number of aromatic nitrogens is 3. The van der Waals surface area contributed by atoms with Gasteiger partial charge in [-0.3, -0.25) is 9.10 Å². The molecule has 0 bridgehead atoms. The van der Waals surface area contributed by atoms with Crippen LogP contribution in [-0.2, 0) is 39.4 Å². The molecule has 0 fully saturated rings. The van der Waals surface area contributed by atoms with Gasteiger partial charge in [0.2, 0.25) is 0 Å². The van der Waals surface area contributed by atoms with Crippen LogP contribution in [0.3, 0.4) is 0 Å². The van der Waals surface area contributed by atoms with Gasteiger partial charge in [-0.15, -0.1) is 29.1 Å².